The van der Waals surface area contributed by atoms with Crippen molar-refractivity contribution in [2.24, 2.45) is 0 Å². The maximum atomic E-state index is 6.57. The average molecular weight is 689 g/mol. The van der Waals surface area contributed by atoms with Gasteiger partial charge in [0.25, 0.3) is 0 Å². The fraction of sp³-hybridized carbons (Fsp3) is 0.0204. The average Bonchev–Trinajstić information content (AvgIpc) is 3.89. The largest absolute Gasteiger partial charge is 0.633 e. The first kappa shape index (κ1) is 28.6. The molecule has 0 atom stereocenters. The molecular formula is C49H29BN2O2. The van der Waals surface area contributed by atoms with E-state index in [9.17, 15) is 0 Å². The lowest BCUT2D eigenvalue weighted by Gasteiger charge is -2.32. The third-order valence-corrected chi connectivity index (χ3v) is 12.0. The topological polar surface area (TPSA) is 28.3 Å². The van der Waals surface area contributed by atoms with Crippen LogP contribution < -0.4 is 14.8 Å². The van der Waals surface area contributed by atoms with Gasteiger partial charge >= 0.3 is 7.12 Å². The van der Waals surface area contributed by atoms with Gasteiger partial charge in [-0.3, -0.25) is 0 Å². The number of hydrogen-bond donors (Lipinski definition) is 0. The molecule has 0 saturated heterocycles. The van der Waals surface area contributed by atoms with Gasteiger partial charge in [-0.05, 0) is 88.3 Å². The van der Waals surface area contributed by atoms with Crippen molar-refractivity contribution in [3.63, 3.8) is 0 Å². The van der Waals surface area contributed by atoms with Gasteiger partial charge in [0.15, 0.2) is 0 Å². The molecule has 4 nitrogen and oxygen atoms in total. The minimum absolute atomic E-state index is 0.527. The summed E-state index contributed by atoms with van der Waals surface area (Å²) in [5.74, 6) is 1.67. The van der Waals surface area contributed by atoms with E-state index in [1.54, 1.807) is 0 Å². The molecule has 4 heterocycles. The zero-order chi connectivity index (χ0) is 35.1. The molecule has 0 saturated carbocycles. The van der Waals surface area contributed by atoms with Crippen molar-refractivity contribution < 1.29 is 9.31 Å². The summed E-state index contributed by atoms with van der Waals surface area (Å²) in [6.45, 7) is 0. The Morgan fingerprint density at radius 3 is 1.65 bits per heavy atom. The summed E-state index contributed by atoms with van der Waals surface area (Å²) in [7, 11) is -0.527. The molecular weight excluding hydrogens is 659 g/mol. The smallest absolute Gasteiger partial charge is 0.521 e. The standard InChI is InChI=1S/C49H29BN2O2/c1-2-15-30(16-3-1)51-41-23-11-7-21-36(41)46-44-32-17-5-4-14-29(32)26-39(44)45-35-20-6-10-22-40(35)52(48(45)49(46)51)31-27-37-33-18-8-12-24-42(33)53-50-47(37)38(28-31)34-19-9-13-25-43(34)54-50/h1-25,27-28H,26H2. The summed E-state index contributed by atoms with van der Waals surface area (Å²) in [6.07, 6.45) is 0.892. The van der Waals surface area contributed by atoms with Crippen molar-refractivity contribution in [1.29, 1.82) is 0 Å². The quantitative estimate of drug-likeness (QED) is 0.169. The highest BCUT2D eigenvalue weighted by Gasteiger charge is 2.42. The van der Waals surface area contributed by atoms with Gasteiger partial charge in [0.2, 0.25) is 0 Å². The van der Waals surface area contributed by atoms with E-state index in [1.165, 1.54) is 65.9 Å². The molecule has 0 unspecified atom stereocenters. The van der Waals surface area contributed by atoms with Crippen LogP contribution in [0.1, 0.15) is 11.1 Å². The lowest BCUT2D eigenvalue weighted by Crippen LogP contribution is -2.49. The summed E-state index contributed by atoms with van der Waals surface area (Å²) in [5, 5.41) is 5.16. The van der Waals surface area contributed by atoms with E-state index < -0.39 is 7.12 Å². The van der Waals surface area contributed by atoms with E-state index >= 15 is 0 Å². The Kier molecular flexibility index (Phi) is 5.47. The van der Waals surface area contributed by atoms with E-state index in [0.717, 1.165) is 57.0 Å². The summed E-state index contributed by atoms with van der Waals surface area (Å²) < 4.78 is 18.2. The normalized spacial score (nSPS) is 13.4. The lowest BCUT2D eigenvalue weighted by atomic mass is 9.66. The van der Waals surface area contributed by atoms with E-state index in [4.69, 9.17) is 9.31 Å². The van der Waals surface area contributed by atoms with Crippen molar-refractivity contribution in [2.75, 3.05) is 0 Å². The minimum Gasteiger partial charge on any atom is -0.521 e. The van der Waals surface area contributed by atoms with E-state index in [1.807, 2.05) is 12.1 Å². The van der Waals surface area contributed by atoms with E-state index in [0.29, 0.717) is 0 Å². The van der Waals surface area contributed by atoms with Crippen molar-refractivity contribution in [1.82, 2.24) is 9.13 Å². The van der Waals surface area contributed by atoms with Crippen LogP contribution in [0.15, 0.2) is 164 Å². The first-order valence-electron chi connectivity index (χ1n) is 18.7. The molecule has 2 aliphatic heterocycles. The molecule has 0 bridgehead atoms. The number of fused-ring (bicyclic) bond motifs is 16. The maximum absolute atomic E-state index is 6.57. The number of aromatic nitrogens is 2. The number of hydrogen-bond acceptors (Lipinski definition) is 2. The number of rotatable bonds is 2. The monoisotopic (exact) mass is 688 g/mol. The molecule has 0 fully saturated rings. The Morgan fingerprint density at radius 1 is 0.444 bits per heavy atom. The van der Waals surface area contributed by atoms with Crippen LogP contribution in [0.2, 0.25) is 0 Å². The van der Waals surface area contributed by atoms with Gasteiger partial charge < -0.3 is 18.4 Å². The zero-order valence-electron chi connectivity index (χ0n) is 29.1. The number of para-hydroxylation sites is 5. The Balaban J connectivity index is 1.27. The second-order valence-electron chi connectivity index (χ2n) is 14.7. The highest BCUT2D eigenvalue weighted by atomic mass is 16.6. The van der Waals surface area contributed by atoms with Crippen LogP contribution in [0.3, 0.4) is 0 Å². The van der Waals surface area contributed by atoms with Crippen molar-refractivity contribution >= 4 is 56.2 Å². The first-order valence-corrected chi connectivity index (χ1v) is 18.7. The minimum atomic E-state index is -0.527. The first-order chi connectivity index (χ1) is 26.8. The predicted molar refractivity (Wildman–Crippen MR) is 221 cm³/mol. The Morgan fingerprint density at radius 2 is 0.963 bits per heavy atom. The molecule has 13 rings (SSSR count). The van der Waals surface area contributed by atoms with Gasteiger partial charge in [0.1, 0.15) is 11.5 Å². The van der Waals surface area contributed by atoms with Crippen LogP contribution in [-0.2, 0) is 6.42 Å². The maximum Gasteiger partial charge on any atom is 0.633 e. The molecule has 0 N–H and O–H groups in total. The van der Waals surface area contributed by atoms with Crippen LogP contribution in [0.5, 0.6) is 11.5 Å². The lowest BCUT2D eigenvalue weighted by molar-refractivity contribution is 0.436. The molecule has 0 amide bonds. The molecule has 250 valence electrons. The SMILES string of the molecule is c1ccc(-n2c3ccccc3c3c4c(c5c6ccccc6n(-c6cc7c8c(c6)-c6ccccc6OB8Oc6ccccc6-7)c5c32)Cc2ccccc2-4)cc1. The summed E-state index contributed by atoms with van der Waals surface area (Å²) in [6, 6.07) is 59.3. The van der Waals surface area contributed by atoms with Crippen LogP contribution in [0.25, 0.3) is 88.4 Å². The molecule has 54 heavy (non-hydrogen) atoms. The molecule has 8 aromatic carbocycles. The van der Waals surface area contributed by atoms with Gasteiger partial charge in [-0.15, -0.1) is 0 Å². The van der Waals surface area contributed by atoms with Gasteiger partial charge in [0, 0.05) is 49.5 Å². The van der Waals surface area contributed by atoms with Gasteiger partial charge in [-0.25, -0.2) is 0 Å². The second-order valence-corrected chi connectivity index (χ2v) is 14.7. The van der Waals surface area contributed by atoms with E-state index in [2.05, 4.69) is 161 Å². The second kappa shape index (κ2) is 10.3. The summed E-state index contributed by atoms with van der Waals surface area (Å²) >= 11 is 0. The molecule has 1 aliphatic carbocycles. The molecule has 0 radical (unpaired) electrons. The molecule has 5 heteroatoms. The number of benzene rings is 8. The fourth-order valence-electron chi connectivity index (χ4n) is 9.88. The molecule has 0 spiro atoms. The summed E-state index contributed by atoms with van der Waals surface area (Å²) in [4.78, 5) is 0. The highest BCUT2D eigenvalue weighted by molar-refractivity contribution is 6.68. The Bertz CT molecular complexity index is 3190. The highest BCUT2D eigenvalue weighted by Crippen LogP contribution is 2.53. The number of nitrogens with zero attached hydrogens (tertiary/aromatic N) is 2. The fourth-order valence-corrected chi connectivity index (χ4v) is 9.88. The van der Waals surface area contributed by atoms with Crippen LogP contribution >= 0.6 is 0 Å². The molecule has 10 aromatic rings. The van der Waals surface area contributed by atoms with Crippen molar-refractivity contribution in [3.05, 3.63) is 175 Å². The third-order valence-electron chi connectivity index (χ3n) is 12.0. The third kappa shape index (κ3) is 3.58. The van der Waals surface area contributed by atoms with Crippen molar-refractivity contribution in [3.8, 4) is 56.3 Å². The van der Waals surface area contributed by atoms with Gasteiger partial charge in [-0.1, -0.05) is 115 Å². The van der Waals surface area contributed by atoms with E-state index in [-0.39, 0.29) is 0 Å². The Hall–Kier alpha value is -6.98. The molecule has 3 aliphatic rings. The summed E-state index contributed by atoms with van der Waals surface area (Å²) in [5.41, 5.74) is 18.1. The van der Waals surface area contributed by atoms with Crippen LogP contribution in [0.4, 0.5) is 0 Å². The molecule has 2 aromatic heterocycles. The van der Waals surface area contributed by atoms with Gasteiger partial charge in [0.05, 0.1) is 22.1 Å². The predicted octanol–water partition coefficient (Wildman–Crippen LogP) is 11.3. The van der Waals surface area contributed by atoms with Crippen molar-refractivity contribution in [2.45, 2.75) is 6.42 Å². The Labute approximate surface area is 311 Å². The van der Waals surface area contributed by atoms with Crippen LogP contribution in [-0.4, -0.2) is 16.3 Å². The van der Waals surface area contributed by atoms with Gasteiger partial charge in [-0.2, -0.15) is 0 Å². The zero-order valence-corrected chi connectivity index (χ0v) is 29.1. The van der Waals surface area contributed by atoms with Crippen LogP contribution in [0, 0.1) is 0 Å².